The summed E-state index contributed by atoms with van der Waals surface area (Å²) in [4.78, 5) is 17.3. The van der Waals surface area contributed by atoms with E-state index in [9.17, 15) is 4.79 Å². The van der Waals surface area contributed by atoms with Crippen LogP contribution in [-0.4, -0.2) is 46.3 Å². The van der Waals surface area contributed by atoms with Gasteiger partial charge in [0.1, 0.15) is 11.5 Å². The normalized spacial score (nSPS) is 10.7. The predicted octanol–water partition coefficient (Wildman–Crippen LogP) is 4.69. The van der Waals surface area contributed by atoms with E-state index in [1.54, 1.807) is 38.5 Å². The number of carbonyl (C=O) groups is 1. The first-order valence-corrected chi connectivity index (χ1v) is 10.4. The molecule has 0 radical (unpaired) electrons. The zero-order chi connectivity index (χ0) is 24.4. The molecule has 8 heteroatoms. The van der Waals surface area contributed by atoms with E-state index in [0.717, 1.165) is 16.5 Å². The number of nitrogens with two attached hydrogens (primary N) is 1. The molecule has 0 spiro atoms. The first kappa shape index (κ1) is 22.8. The van der Waals surface area contributed by atoms with Crippen LogP contribution in [0.1, 0.15) is 15.9 Å². The monoisotopic (exact) mass is 462 g/mol. The Balaban J connectivity index is 1.97. The number of fused-ring (bicyclic) bond motifs is 1. The lowest BCUT2D eigenvalue weighted by Crippen LogP contribution is -2.05. The molecule has 3 N–H and O–H groups in total. The molecule has 0 aliphatic heterocycles. The van der Waals surface area contributed by atoms with Gasteiger partial charge in [0.2, 0.25) is 5.75 Å². The molecule has 8 nitrogen and oxygen atoms in total. The van der Waals surface area contributed by atoms with Gasteiger partial charge in [-0.05, 0) is 42.5 Å². The number of nitrogen functional groups attached to an aromatic ring is 1. The molecule has 1 heterocycles. The molecule has 0 aliphatic rings. The van der Waals surface area contributed by atoms with Crippen LogP contribution in [-0.2, 0) is 0 Å². The fourth-order valence-electron chi connectivity index (χ4n) is 4.00. The van der Waals surface area contributed by atoms with Gasteiger partial charge in [0.05, 0.1) is 58.0 Å². The lowest BCUT2D eigenvalue weighted by atomic mass is 9.96. The number of nitrogens with one attached hydrogen (secondary N) is 1. The molecule has 0 saturated carbocycles. The quantitative estimate of drug-likeness (QED) is 0.289. The highest BCUT2D eigenvalue weighted by molar-refractivity contribution is 6.20. The lowest BCUT2D eigenvalue weighted by Gasteiger charge is -2.14. The molecule has 0 atom stereocenters. The van der Waals surface area contributed by atoms with Gasteiger partial charge in [-0.3, -0.25) is 4.79 Å². The van der Waals surface area contributed by atoms with E-state index in [1.165, 1.54) is 21.3 Å². The second-order valence-corrected chi connectivity index (χ2v) is 7.49. The van der Waals surface area contributed by atoms with Gasteiger partial charge in [0, 0.05) is 22.6 Å². The second-order valence-electron chi connectivity index (χ2n) is 7.49. The number of aromatic amines is 1. The van der Waals surface area contributed by atoms with Crippen LogP contribution >= 0.6 is 0 Å². The maximum Gasteiger partial charge on any atom is 0.203 e. The molecule has 0 saturated heterocycles. The molecule has 1 aromatic heterocycles. The van der Waals surface area contributed by atoms with Gasteiger partial charge >= 0.3 is 0 Å². The maximum atomic E-state index is 14.0. The first-order chi connectivity index (χ1) is 16.4. The molecule has 0 unspecified atom stereocenters. The van der Waals surface area contributed by atoms with E-state index in [4.69, 9.17) is 29.4 Å². The van der Waals surface area contributed by atoms with Crippen LogP contribution < -0.4 is 29.4 Å². The van der Waals surface area contributed by atoms with Crippen LogP contribution in [0.25, 0.3) is 22.2 Å². The van der Waals surface area contributed by atoms with E-state index in [1.807, 2.05) is 24.3 Å². The molecule has 3 aromatic carbocycles. The minimum Gasteiger partial charge on any atom is -0.497 e. The third-order valence-electron chi connectivity index (χ3n) is 5.68. The highest BCUT2D eigenvalue weighted by atomic mass is 16.5. The van der Waals surface area contributed by atoms with Gasteiger partial charge in [0.25, 0.3) is 0 Å². The van der Waals surface area contributed by atoms with Crippen molar-refractivity contribution in [3.63, 3.8) is 0 Å². The summed E-state index contributed by atoms with van der Waals surface area (Å²) in [7, 11) is 7.68. The summed E-state index contributed by atoms with van der Waals surface area (Å²) in [5.74, 6) is 2.19. The van der Waals surface area contributed by atoms with Gasteiger partial charge < -0.3 is 34.4 Å². The standard InChI is InChI=1S/C26H26N2O6/c1-30-16-7-8-17-19(13-16)28-24(14-6-9-20(31-2)18(27)10-14)23(17)25(29)15-11-21(32-3)26(34-5)22(12-15)33-4/h6-13,28H,27H2,1-5H3. The van der Waals surface area contributed by atoms with Crippen LogP contribution in [0.3, 0.4) is 0 Å². The van der Waals surface area contributed by atoms with Gasteiger partial charge in [-0.15, -0.1) is 0 Å². The molecule has 0 amide bonds. The molecule has 0 aliphatic carbocycles. The predicted molar refractivity (Wildman–Crippen MR) is 131 cm³/mol. The fourth-order valence-corrected chi connectivity index (χ4v) is 4.00. The number of H-pyrrole nitrogens is 1. The summed E-state index contributed by atoms with van der Waals surface area (Å²) in [6.45, 7) is 0. The molecule has 0 bridgehead atoms. The zero-order valence-electron chi connectivity index (χ0n) is 19.6. The van der Waals surface area contributed by atoms with Crippen molar-refractivity contribution in [3.8, 4) is 40.0 Å². The van der Waals surface area contributed by atoms with E-state index in [-0.39, 0.29) is 5.78 Å². The Kier molecular flexibility index (Phi) is 6.23. The van der Waals surface area contributed by atoms with Gasteiger partial charge in [-0.25, -0.2) is 0 Å². The highest BCUT2D eigenvalue weighted by Gasteiger charge is 2.25. The Morgan fingerprint density at radius 2 is 1.44 bits per heavy atom. The van der Waals surface area contributed by atoms with Crippen LogP contribution in [0.5, 0.6) is 28.7 Å². The Labute approximate surface area is 197 Å². The van der Waals surface area contributed by atoms with Gasteiger partial charge in [-0.2, -0.15) is 0 Å². The number of ether oxygens (including phenoxy) is 5. The minimum absolute atomic E-state index is 0.222. The van der Waals surface area contributed by atoms with Crippen molar-refractivity contribution in [2.45, 2.75) is 0 Å². The van der Waals surface area contributed by atoms with E-state index in [2.05, 4.69) is 4.98 Å². The number of methoxy groups -OCH3 is 5. The van der Waals surface area contributed by atoms with Gasteiger partial charge in [-0.1, -0.05) is 0 Å². The SMILES string of the molecule is COc1ccc2c(C(=O)c3cc(OC)c(OC)c(OC)c3)c(-c3ccc(OC)c(N)c3)[nH]c2c1. The number of rotatable bonds is 8. The van der Waals surface area contributed by atoms with E-state index in [0.29, 0.717) is 51.3 Å². The average molecular weight is 463 g/mol. The average Bonchev–Trinajstić information content (AvgIpc) is 3.25. The fraction of sp³-hybridized carbons (Fsp3) is 0.192. The van der Waals surface area contributed by atoms with Gasteiger partial charge in [0.15, 0.2) is 17.3 Å². The van der Waals surface area contributed by atoms with Crippen molar-refractivity contribution in [1.29, 1.82) is 0 Å². The van der Waals surface area contributed by atoms with E-state index >= 15 is 0 Å². The molecule has 34 heavy (non-hydrogen) atoms. The summed E-state index contributed by atoms with van der Waals surface area (Å²) < 4.78 is 27.0. The number of hydrogen-bond donors (Lipinski definition) is 2. The largest absolute Gasteiger partial charge is 0.497 e. The van der Waals surface area contributed by atoms with E-state index < -0.39 is 0 Å². The van der Waals surface area contributed by atoms with Crippen LogP contribution in [0, 0.1) is 0 Å². The van der Waals surface area contributed by atoms with Crippen LogP contribution in [0.2, 0.25) is 0 Å². The van der Waals surface area contributed by atoms with Crippen molar-refractivity contribution < 1.29 is 28.5 Å². The molecule has 4 rings (SSSR count). The number of anilines is 1. The minimum atomic E-state index is -0.222. The summed E-state index contributed by atoms with van der Waals surface area (Å²) in [6, 6.07) is 14.2. The summed E-state index contributed by atoms with van der Waals surface area (Å²) >= 11 is 0. The smallest absolute Gasteiger partial charge is 0.203 e. The Hall–Kier alpha value is -4.33. The summed E-state index contributed by atoms with van der Waals surface area (Å²) in [6.07, 6.45) is 0. The van der Waals surface area contributed by atoms with Crippen molar-refractivity contribution in [2.24, 2.45) is 0 Å². The van der Waals surface area contributed by atoms with Crippen molar-refractivity contribution >= 4 is 22.4 Å². The third kappa shape index (κ3) is 3.83. The van der Waals surface area contributed by atoms with Crippen molar-refractivity contribution in [3.05, 3.63) is 59.7 Å². The number of carbonyl (C=O) groups excluding carboxylic acids is 1. The van der Waals surface area contributed by atoms with Crippen molar-refractivity contribution in [2.75, 3.05) is 41.3 Å². The number of hydrogen-bond acceptors (Lipinski definition) is 7. The summed E-state index contributed by atoms with van der Waals surface area (Å²) in [5.41, 5.74) is 9.60. The molecule has 4 aromatic rings. The third-order valence-corrected chi connectivity index (χ3v) is 5.68. The summed E-state index contributed by atoms with van der Waals surface area (Å²) in [5, 5.41) is 0.740. The zero-order valence-corrected chi connectivity index (χ0v) is 19.6. The number of aromatic nitrogens is 1. The Morgan fingerprint density at radius 1 is 0.765 bits per heavy atom. The topological polar surface area (TPSA) is 105 Å². The Morgan fingerprint density at radius 3 is 2.00 bits per heavy atom. The molecule has 0 fully saturated rings. The molecule has 176 valence electrons. The maximum absolute atomic E-state index is 14.0. The first-order valence-electron chi connectivity index (χ1n) is 10.4. The number of benzene rings is 3. The highest BCUT2D eigenvalue weighted by Crippen LogP contribution is 2.41. The number of ketones is 1. The lowest BCUT2D eigenvalue weighted by molar-refractivity contribution is 0.104. The van der Waals surface area contributed by atoms with Crippen molar-refractivity contribution in [1.82, 2.24) is 4.98 Å². The van der Waals surface area contributed by atoms with Crippen LogP contribution in [0.4, 0.5) is 5.69 Å². The molecular formula is C26H26N2O6. The van der Waals surface area contributed by atoms with Crippen LogP contribution in [0.15, 0.2) is 48.5 Å². The molecular weight excluding hydrogens is 436 g/mol. The Bertz CT molecular complexity index is 1350. The second kappa shape index (κ2) is 9.27.